The van der Waals surface area contributed by atoms with E-state index in [2.05, 4.69) is 105 Å². The Bertz CT molecular complexity index is 2880. The maximum Gasteiger partial charge on any atom is 0.314 e. The van der Waals surface area contributed by atoms with Gasteiger partial charge < -0.3 is 70.2 Å². The van der Waals surface area contributed by atoms with E-state index in [0.717, 1.165) is 70.4 Å². The lowest BCUT2D eigenvalue weighted by Crippen LogP contribution is -2.39. The van der Waals surface area contributed by atoms with Gasteiger partial charge in [0, 0.05) is 90.5 Å². The minimum atomic E-state index is -0.277. The second-order valence-electron chi connectivity index (χ2n) is 20.8. The number of fused-ring (bicyclic) bond motifs is 2. The first-order valence-corrected chi connectivity index (χ1v) is 29.6. The normalized spacial score (nSPS) is 15.6. The van der Waals surface area contributed by atoms with Crippen molar-refractivity contribution in [3.05, 3.63) is 144 Å². The van der Waals surface area contributed by atoms with Crippen molar-refractivity contribution in [1.82, 2.24) is 51.1 Å². The molecule has 0 radical (unpaired) electrons. The van der Waals surface area contributed by atoms with Crippen LogP contribution < -0.4 is 32.8 Å². The number of hydrazine groups is 1. The summed E-state index contributed by atoms with van der Waals surface area (Å²) in [6.07, 6.45) is 3.36. The van der Waals surface area contributed by atoms with Crippen LogP contribution >= 0.6 is 34.8 Å². The molecule has 0 aliphatic carbocycles. The highest BCUT2D eigenvalue weighted by molar-refractivity contribution is 6.35. The van der Waals surface area contributed by atoms with E-state index in [1.807, 2.05) is 37.4 Å². The topological polar surface area (TPSA) is 230 Å². The van der Waals surface area contributed by atoms with Crippen LogP contribution in [0.4, 0.5) is 9.59 Å². The number of urea groups is 2. The summed E-state index contributed by atoms with van der Waals surface area (Å²) in [5, 5.41) is 23.6. The first-order chi connectivity index (χ1) is 40.2. The summed E-state index contributed by atoms with van der Waals surface area (Å²) >= 11 is 19.5. The van der Waals surface area contributed by atoms with Gasteiger partial charge in [-0.15, -0.1) is 5.10 Å². The van der Waals surface area contributed by atoms with Crippen molar-refractivity contribution in [2.45, 2.75) is 58.2 Å². The number of nitrogens with zero attached hydrogens (tertiary/aromatic N) is 6. The van der Waals surface area contributed by atoms with Gasteiger partial charge in [0.2, 0.25) is 0 Å². The molecule has 0 spiro atoms. The molecule has 2 atom stereocenters. The summed E-state index contributed by atoms with van der Waals surface area (Å²) in [7, 11) is 4.25. The zero-order chi connectivity index (χ0) is 58.9. The van der Waals surface area contributed by atoms with Crippen molar-refractivity contribution in [2.75, 3.05) is 139 Å². The van der Waals surface area contributed by atoms with Crippen LogP contribution in [-0.4, -0.2) is 181 Å². The van der Waals surface area contributed by atoms with Crippen LogP contribution in [0, 0.1) is 6.92 Å². The van der Waals surface area contributed by atoms with Gasteiger partial charge in [0.05, 0.1) is 104 Å². The second-order valence-corrected chi connectivity index (χ2v) is 22.1. The fraction of sp³-hybridized carbons (Fsp3) is 0.500. The zero-order valence-electron chi connectivity index (χ0n) is 48.4. The number of carbonyl (C=O) groups excluding carboxylic acids is 2. The van der Waals surface area contributed by atoms with E-state index in [4.69, 9.17) is 74.8 Å². The Labute approximate surface area is 503 Å². The van der Waals surface area contributed by atoms with Crippen molar-refractivity contribution < 1.29 is 38.0 Å². The molecule has 2 aliphatic heterocycles. The molecule has 0 unspecified atom stereocenters. The maximum atomic E-state index is 12.1. The van der Waals surface area contributed by atoms with Crippen molar-refractivity contribution in [2.24, 2.45) is 11.6 Å². The lowest BCUT2D eigenvalue weighted by molar-refractivity contribution is 0.0126. The number of unbranched alkanes of at least 4 members (excludes halogenated alkanes) is 1. The lowest BCUT2D eigenvalue weighted by atomic mass is 9.82. The van der Waals surface area contributed by atoms with Gasteiger partial charge in [-0.05, 0) is 122 Å². The Morgan fingerprint density at radius 2 is 1.14 bits per heavy atom. The molecular formula is C60H83Cl3N12O8. The number of carbonyl (C=O) groups is 2. The number of rotatable bonds is 34. The van der Waals surface area contributed by atoms with E-state index in [1.54, 1.807) is 15.8 Å². The first-order valence-electron chi connectivity index (χ1n) is 28.5. The number of aryl methyl sites for hydroxylation is 1. The number of hydrogen-bond acceptors (Lipinski definition) is 15. The maximum absolute atomic E-state index is 12.1. The largest absolute Gasteiger partial charge is 0.397 e. The van der Waals surface area contributed by atoms with Crippen LogP contribution in [0.2, 0.25) is 15.1 Å². The molecular weight excluding hydrogens is 1120 g/mol. The third kappa shape index (κ3) is 20.9. The van der Waals surface area contributed by atoms with Gasteiger partial charge >= 0.3 is 12.1 Å². The van der Waals surface area contributed by atoms with Crippen LogP contribution in [0.5, 0.6) is 0 Å². The van der Waals surface area contributed by atoms with Crippen LogP contribution in [0.15, 0.2) is 84.7 Å². The molecule has 0 saturated carbocycles. The quantitative estimate of drug-likeness (QED) is 0.0134. The third-order valence-corrected chi connectivity index (χ3v) is 15.2. The number of halogens is 3. The lowest BCUT2D eigenvalue weighted by Gasteiger charge is -2.34. The number of aromatic nitrogens is 3. The van der Waals surface area contributed by atoms with Crippen molar-refractivity contribution >= 4 is 52.6 Å². The van der Waals surface area contributed by atoms with Crippen LogP contribution in [0.1, 0.15) is 76.1 Å². The number of hydrogen-bond donors (Lipinski definition) is 6. The van der Waals surface area contributed by atoms with Gasteiger partial charge in [0.1, 0.15) is 5.69 Å². The minimum absolute atomic E-state index is 0.0951. The van der Waals surface area contributed by atoms with Gasteiger partial charge in [-0.3, -0.25) is 0 Å². The molecule has 0 bridgehead atoms. The summed E-state index contributed by atoms with van der Waals surface area (Å²) in [6.45, 7) is 15.0. The van der Waals surface area contributed by atoms with Gasteiger partial charge in [0.15, 0.2) is 0 Å². The van der Waals surface area contributed by atoms with E-state index < -0.39 is 0 Å². The predicted molar refractivity (Wildman–Crippen MR) is 326 cm³/mol. The molecule has 0 saturated heterocycles. The number of benzene rings is 4. The van der Waals surface area contributed by atoms with Crippen LogP contribution in [0.25, 0.3) is 17.0 Å². The summed E-state index contributed by atoms with van der Waals surface area (Å²) < 4.78 is 35.7. The Morgan fingerprint density at radius 1 is 0.639 bits per heavy atom. The van der Waals surface area contributed by atoms with E-state index in [9.17, 15) is 9.59 Å². The Morgan fingerprint density at radius 3 is 1.76 bits per heavy atom. The molecule has 7 rings (SSSR count). The highest BCUT2D eigenvalue weighted by Crippen LogP contribution is 2.40. The fourth-order valence-corrected chi connectivity index (χ4v) is 10.9. The van der Waals surface area contributed by atoms with E-state index >= 15 is 0 Å². The molecule has 1 aromatic heterocycles. The molecule has 8 N–H and O–H groups in total. The van der Waals surface area contributed by atoms with Gasteiger partial charge in [-0.25, -0.2) is 20.1 Å². The number of allylic oxidation sites excluding steroid dienone is 1. The molecule has 0 fully saturated rings. The molecule has 4 aromatic carbocycles. The molecule has 83 heavy (non-hydrogen) atoms. The van der Waals surface area contributed by atoms with E-state index in [1.165, 1.54) is 22.3 Å². The molecule has 20 nitrogen and oxygen atoms in total. The average molecular weight is 1210 g/mol. The van der Waals surface area contributed by atoms with Crippen molar-refractivity contribution in [3.63, 3.8) is 0 Å². The number of amides is 4. The van der Waals surface area contributed by atoms with Crippen molar-refractivity contribution in [3.8, 4) is 11.3 Å². The molecule has 3 heterocycles. The standard InChI is InChI=1S/C60H83Cl3N12O8/c1-42-31-48(61)34-50-52(42)37-72(3)38-53(50)44-9-7-11-46(32-44)57-41-74(71-70-57)17-21-80-25-29-82-27-23-78-19-15-68-59(76)66-13-5-6-14-67-60(77)69-16-20-79-24-28-83-30-26-81-22-18-75(65)43(2)58(64)47-12-8-10-45(33-47)54-39-73(4)40-55-51(54)35-49(62)36-56(55)63/h7-12,31-36,41,53-54H,5-6,13-30,37-40,64-65H2,1-4H3,(H2,66,68,76)(H2,67,69,77)/b58-43+/t53-,54-/m0/s1. The monoisotopic (exact) mass is 1200 g/mol. The summed E-state index contributed by atoms with van der Waals surface area (Å²) in [6, 6.07) is 24.2. The summed E-state index contributed by atoms with van der Waals surface area (Å²) in [5.41, 5.74) is 19.2. The zero-order valence-corrected chi connectivity index (χ0v) is 50.6. The van der Waals surface area contributed by atoms with Gasteiger partial charge in [-0.1, -0.05) is 76.4 Å². The smallest absolute Gasteiger partial charge is 0.314 e. The van der Waals surface area contributed by atoms with Crippen LogP contribution in [-0.2, 0) is 48.1 Å². The average Bonchev–Trinajstić information content (AvgIpc) is 4.07. The predicted octanol–water partition coefficient (Wildman–Crippen LogP) is 7.37. The molecule has 23 heteroatoms. The number of ether oxygens (including phenoxy) is 6. The van der Waals surface area contributed by atoms with Gasteiger partial charge in [0.25, 0.3) is 0 Å². The Balaban J connectivity index is 0.607. The number of nitrogens with one attached hydrogen (secondary N) is 4. The fourth-order valence-electron chi connectivity index (χ4n) is 10.1. The minimum Gasteiger partial charge on any atom is -0.397 e. The van der Waals surface area contributed by atoms with Crippen molar-refractivity contribution in [1.29, 1.82) is 0 Å². The van der Waals surface area contributed by atoms with E-state index in [-0.39, 0.29) is 23.9 Å². The van der Waals surface area contributed by atoms with Crippen LogP contribution in [0.3, 0.4) is 0 Å². The first kappa shape index (κ1) is 65.0. The summed E-state index contributed by atoms with van der Waals surface area (Å²) in [4.78, 5) is 28.9. The molecule has 5 aromatic rings. The van der Waals surface area contributed by atoms with E-state index in [0.29, 0.717) is 147 Å². The van der Waals surface area contributed by atoms with Gasteiger partial charge in [-0.2, -0.15) is 0 Å². The molecule has 452 valence electrons. The highest BCUT2D eigenvalue weighted by atomic mass is 35.5. The highest BCUT2D eigenvalue weighted by Gasteiger charge is 2.29. The Hall–Kier alpha value is -5.59. The Kier molecular flexibility index (Phi) is 26.9. The molecule has 2 aliphatic rings. The summed E-state index contributed by atoms with van der Waals surface area (Å²) in [5.74, 6) is 6.70. The number of likely N-dealkylation sites (N-methyl/N-ethyl adjacent to an activating group) is 2. The second kappa shape index (κ2) is 34.4. The SMILES string of the molecule is C/C(=C(\N)c1cccc([C@@H]2CN(C)Cc3c(Cl)cc(Cl)cc32)c1)N(N)CCOCCOCCOCCNC(=O)NCCCCNC(=O)NCCOCCOCCOCCn1cc(-c2cccc([C@@H]3CN(C)Cc4c(C)cc(Cl)cc43)c2)nn1. The number of nitrogens with two attached hydrogens (primary N) is 2. The molecule has 4 amide bonds. The third-order valence-electron chi connectivity index (χ3n) is 14.5.